The zero-order chi connectivity index (χ0) is 14.5. The summed E-state index contributed by atoms with van der Waals surface area (Å²) in [6, 6.07) is 6.86. The van der Waals surface area contributed by atoms with Crippen LogP contribution in [0.1, 0.15) is 25.5 Å². The van der Waals surface area contributed by atoms with Crippen LogP contribution >= 0.6 is 0 Å². The fourth-order valence-corrected chi connectivity index (χ4v) is 2.56. The second kappa shape index (κ2) is 6.65. The van der Waals surface area contributed by atoms with E-state index in [9.17, 15) is 13.2 Å². The van der Waals surface area contributed by atoms with Crippen molar-refractivity contribution in [2.24, 2.45) is 5.92 Å². The minimum absolute atomic E-state index is 0.136. The summed E-state index contributed by atoms with van der Waals surface area (Å²) < 4.78 is 27.9. The summed E-state index contributed by atoms with van der Waals surface area (Å²) in [4.78, 5) is 11.2. The molecule has 0 bridgehead atoms. The van der Waals surface area contributed by atoms with Crippen LogP contribution in [0.25, 0.3) is 0 Å². The molecule has 7 heteroatoms. The molecule has 106 valence electrons. The third kappa shape index (κ3) is 5.37. The Labute approximate surface area is 113 Å². The minimum atomic E-state index is -3.85. The van der Waals surface area contributed by atoms with Crippen LogP contribution in [0.15, 0.2) is 30.3 Å². The van der Waals surface area contributed by atoms with E-state index in [-0.39, 0.29) is 12.5 Å². The summed E-state index contributed by atoms with van der Waals surface area (Å²) >= 11 is 0. The first-order chi connectivity index (χ1) is 8.82. The van der Waals surface area contributed by atoms with E-state index in [1.807, 2.05) is 13.8 Å². The van der Waals surface area contributed by atoms with Crippen LogP contribution in [0.2, 0.25) is 0 Å². The molecule has 6 nitrogen and oxygen atoms in total. The van der Waals surface area contributed by atoms with Crippen molar-refractivity contribution >= 4 is 16.2 Å². The summed E-state index contributed by atoms with van der Waals surface area (Å²) in [7, 11) is -3.85. The minimum Gasteiger partial charge on any atom is -0.480 e. The number of aliphatic carboxylic acids is 1. The Balaban J connectivity index is 2.83. The number of benzene rings is 1. The molecule has 1 aromatic carbocycles. The van der Waals surface area contributed by atoms with Gasteiger partial charge in [-0.3, -0.25) is 4.79 Å². The lowest BCUT2D eigenvalue weighted by molar-refractivity contribution is -0.139. The number of hydrogen-bond donors (Lipinski definition) is 3. The number of carboxylic acid groups (broad SMARTS) is 1. The van der Waals surface area contributed by atoms with E-state index in [0.717, 1.165) is 0 Å². The van der Waals surface area contributed by atoms with Gasteiger partial charge < -0.3 is 5.11 Å². The highest BCUT2D eigenvalue weighted by molar-refractivity contribution is 7.87. The van der Waals surface area contributed by atoms with Crippen molar-refractivity contribution in [2.75, 3.05) is 6.54 Å². The number of carbonyl (C=O) groups is 1. The van der Waals surface area contributed by atoms with E-state index in [1.54, 1.807) is 30.3 Å². The average Bonchev–Trinajstić information content (AvgIpc) is 2.35. The van der Waals surface area contributed by atoms with Gasteiger partial charge in [0, 0.05) is 6.54 Å². The first kappa shape index (κ1) is 15.6. The summed E-state index contributed by atoms with van der Waals surface area (Å²) in [6.07, 6.45) is 0. The molecule has 19 heavy (non-hydrogen) atoms. The van der Waals surface area contributed by atoms with Crippen LogP contribution in [0.4, 0.5) is 0 Å². The SMILES string of the molecule is CC(C)CNS(=O)(=O)N[C@H](C(=O)O)c1ccccc1. The molecule has 0 heterocycles. The lowest BCUT2D eigenvalue weighted by Gasteiger charge is -2.16. The average molecular weight is 286 g/mol. The third-order valence-electron chi connectivity index (χ3n) is 2.33. The second-order valence-corrected chi connectivity index (χ2v) is 6.08. The largest absolute Gasteiger partial charge is 0.480 e. The predicted octanol–water partition coefficient (Wildman–Crippen LogP) is 0.892. The molecule has 0 aliphatic carbocycles. The number of nitrogens with one attached hydrogen (secondary N) is 2. The molecule has 0 aliphatic heterocycles. The fraction of sp³-hybridized carbons (Fsp3) is 0.417. The zero-order valence-electron chi connectivity index (χ0n) is 10.8. The van der Waals surface area contributed by atoms with Gasteiger partial charge >= 0.3 is 5.97 Å². The summed E-state index contributed by atoms with van der Waals surface area (Å²) in [5, 5.41) is 9.11. The van der Waals surface area contributed by atoms with Crippen molar-refractivity contribution in [3.05, 3.63) is 35.9 Å². The highest BCUT2D eigenvalue weighted by atomic mass is 32.2. The number of hydrogen-bond acceptors (Lipinski definition) is 3. The third-order valence-corrected chi connectivity index (χ3v) is 3.43. The monoisotopic (exact) mass is 286 g/mol. The van der Waals surface area contributed by atoms with Gasteiger partial charge in [-0.05, 0) is 11.5 Å². The van der Waals surface area contributed by atoms with Crippen molar-refractivity contribution in [3.8, 4) is 0 Å². The lowest BCUT2D eigenvalue weighted by Crippen LogP contribution is -2.42. The Morgan fingerprint density at radius 3 is 2.32 bits per heavy atom. The van der Waals surface area contributed by atoms with Crippen LogP contribution in [-0.2, 0) is 15.0 Å². The van der Waals surface area contributed by atoms with Crippen molar-refractivity contribution in [3.63, 3.8) is 0 Å². The fourth-order valence-electron chi connectivity index (χ4n) is 1.38. The Kier molecular flexibility index (Phi) is 5.46. The quantitative estimate of drug-likeness (QED) is 0.693. The van der Waals surface area contributed by atoms with Crippen molar-refractivity contribution < 1.29 is 18.3 Å². The first-order valence-electron chi connectivity index (χ1n) is 5.86. The van der Waals surface area contributed by atoms with E-state index in [1.165, 1.54) is 0 Å². The standard InChI is InChI=1S/C12H18N2O4S/c1-9(2)8-13-19(17,18)14-11(12(15)16)10-6-4-3-5-7-10/h3-7,9,11,13-14H,8H2,1-2H3,(H,15,16)/t11-/m0/s1. The van der Waals surface area contributed by atoms with Gasteiger partial charge in [-0.1, -0.05) is 44.2 Å². The van der Waals surface area contributed by atoms with Crippen LogP contribution in [0.5, 0.6) is 0 Å². The Morgan fingerprint density at radius 2 is 1.84 bits per heavy atom. The van der Waals surface area contributed by atoms with Crippen LogP contribution in [-0.4, -0.2) is 26.0 Å². The van der Waals surface area contributed by atoms with Crippen molar-refractivity contribution in [1.29, 1.82) is 0 Å². The van der Waals surface area contributed by atoms with Gasteiger partial charge in [0.2, 0.25) is 0 Å². The Hall–Kier alpha value is -1.44. The Morgan fingerprint density at radius 1 is 1.26 bits per heavy atom. The molecule has 1 atom stereocenters. The number of rotatable bonds is 7. The highest BCUT2D eigenvalue weighted by Gasteiger charge is 2.25. The molecule has 0 radical (unpaired) electrons. The maximum atomic E-state index is 11.7. The van der Waals surface area contributed by atoms with Gasteiger partial charge in [-0.2, -0.15) is 13.1 Å². The summed E-state index contributed by atoms with van der Waals surface area (Å²) in [5.41, 5.74) is 0.380. The van der Waals surface area contributed by atoms with Crippen LogP contribution in [0, 0.1) is 5.92 Å². The van der Waals surface area contributed by atoms with E-state index in [4.69, 9.17) is 5.11 Å². The highest BCUT2D eigenvalue weighted by Crippen LogP contribution is 2.13. The second-order valence-electron chi connectivity index (χ2n) is 4.55. The van der Waals surface area contributed by atoms with Gasteiger partial charge in [0.25, 0.3) is 10.2 Å². The molecular formula is C12H18N2O4S. The van der Waals surface area contributed by atoms with E-state index >= 15 is 0 Å². The van der Waals surface area contributed by atoms with E-state index in [0.29, 0.717) is 5.56 Å². The van der Waals surface area contributed by atoms with Gasteiger partial charge in [0.1, 0.15) is 6.04 Å². The summed E-state index contributed by atoms with van der Waals surface area (Å²) in [6.45, 7) is 3.96. The normalized spacial score (nSPS) is 13.4. The molecule has 1 aromatic rings. The molecule has 0 saturated carbocycles. The zero-order valence-corrected chi connectivity index (χ0v) is 11.6. The molecular weight excluding hydrogens is 268 g/mol. The predicted molar refractivity (Wildman–Crippen MR) is 71.7 cm³/mol. The topological polar surface area (TPSA) is 95.5 Å². The maximum Gasteiger partial charge on any atom is 0.326 e. The smallest absolute Gasteiger partial charge is 0.326 e. The molecule has 0 fully saturated rings. The molecule has 0 amide bonds. The maximum absolute atomic E-state index is 11.7. The molecule has 0 saturated heterocycles. The lowest BCUT2D eigenvalue weighted by atomic mass is 10.1. The van der Waals surface area contributed by atoms with Gasteiger partial charge in [0.15, 0.2) is 0 Å². The molecule has 1 rings (SSSR count). The molecule has 0 aromatic heterocycles. The van der Waals surface area contributed by atoms with Crippen LogP contribution in [0.3, 0.4) is 0 Å². The van der Waals surface area contributed by atoms with Crippen molar-refractivity contribution in [1.82, 2.24) is 9.44 Å². The molecule has 0 spiro atoms. The van der Waals surface area contributed by atoms with Gasteiger partial charge in [-0.15, -0.1) is 0 Å². The number of carboxylic acids is 1. The Bertz CT molecular complexity index is 514. The van der Waals surface area contributed by atoms with Crippen LogP contribution < -0.4 is 9.44 Å². The molecule has 3 N–H and O–H groups in total. The van der Waals surface area contributed by atoms with Gasteiger partial charge in [-0.25, -0.2) is 4.72 Å². The van der Waals surface area contributed by atoms with Crippen molar-refractivity contribution in [2.45, 2.75) is 19.9 Å². The van der Waals surface area contributed by atoms with E-state index in [2.05, 4.69) is 9.44 Å². The molecule has 0 unspecified atom stereocenters. The summed E-state index contributed by atoms with van der Waals surface area (Å²) in [5.74, 6) is -1.11. The molecule has 0 aliphatic rings. The van der Waals surface area contributed by atoms with E-state index < -0.39 is 22.2 Å². The first-order valence-corrected chi connectivity index (χ1v) is 7.35. The van der Waals surface area contributed by atoms with Gasteiger partial charge in [0.05, 0.1) is 0 Å².